The number of likely N-dealkylation sites (N-methyl/N-ethyl adjacent to an activating group) is 1. The van der Waals surface area contributed by atoms with Crippen molar-refractivity contribution in [3.63, 3.8) is 0 Å². The largest absolute Gasteiger partial charge is 0.480 e. The van der Waals surface area contributed by atoms with Crippen LogP contribution in [0.2, 0.25) is 0 Å². The Labute approximate surface area is 134 Å². The average molecular weight is 323 g/mol. The number of nitrogens with one attached hydrogen (secondary N) is 1. The van der Waals surface area contributed by atoms with Crippen molar-refractivity contribution in [2.45, 2.75) is 26.3 Å². The lowest BCUT2D eigenvalue weighted by Crippen LogP contribution is -2.45. The van der Waals surface area contributed by atoms with Crippen LogP contribution in [0.4, 0.5) is 11.4 Å². The van der Waals surface area contributed by atoms with Crippen molar-refractivity contribution in [2.24, 2.45) is 5.92 Å². The molecule has 1 aromatic carbocycles. The third kappa shape index (κ3) is 5.57. The molecule has 0 aliphatic heterocycles. The lowest BCUT2D eigenvalue weighted by Gasteiger charge is -2.21. The third-order valence-corrected chi connectivity index (χ3v) is 3.21. The summed E-state index contributed by atoms with van der Waals surface area (Å²) < 4.78 is 0. The van der Waals surface area contributed by atoms with E-state index in [1.165, 1.54) is 17.0 Å². The molecule has 0 saturated heterocycles. The van der Waals surface area contributed by atoms with Crippen molar-refractivity contribution in [3.8, 4) is 0 Å². The van der Waals surface area contributed by atoms with Gasteiger partial charge in [-0.1, -0.05) is 26.0 Å². The third-order valence-electron chi connectivity index (χ3n) is 3.21. The van der Waals surface area contributed by atoms with Crippen LogP contribution >= 0.6 is 0 Å². The fourth-order valence-electron chi connectivity index (χ4n) is 2.17. The molecule has 0 saturated carbocycles. The first-order valence-electron chi connectivity index (χ1n) is 7.19. The van der Waals surface area contributed by atoms with Crippen molar-refractivity contribution >= 4 is 23.3 Å². The highest BCUT2D eigenvalue weighted by Gasteiger charge is 2.23. The van der Waals surface area contributed by atoms with Gasteiger partial charge in [-0.3, -0.25) is 14.9 Å². The van der Waals surface area contributed by atoms with Crippen molar-refractivity contribution in [1.82, 2.24) is 5.32 Å². The lowest BCUT2D eigenvalue weighted by atomic mass is 10.0. The Bertz CT molecular complexity index is 588. The molecule has 8 heteroatoms. The summed E-state index contributed by atoms with van der Waals surface area (Å²) in [5, 5.41) is 22.6. The Balaban J connectivity index is 2.77. The first kappa shape index (κ1) is 18.4. The predicted molar refractivity (Wildman–Crippen MR) is 85.4 cm³/mol. The smallest absolute Gasteiger partial charge is 0.326 e. The Hall–Kier alpha value is -2.64. The number of nitro benzene ring substituents is 1. The maximum atomic E-state index is 12.0. The topological polar surface area (TPSA) is 113 Å². The molecule has 1 amide bonds. The van der Waals surface area contributed by atoms with E-state index in [0.29, 0.717) is 12.1 Å². The Morgan fingerprint density at radius 2 is 1.96 bits per heavy atom. The number of carbonyl (C=O) groups excluding carboxylic acids is 1. The minimum atomic E-state index is -1.10. The number of carboxylic acid groups (broad SMARTS) is 1. The van der Waals surface area contributed by atoms with Crippen molar-refractivity contribution in [1.29, 1.82) is 0 Å². The number of carboxylic acids is 1. The average Bonchev–Trinajstić information content (AvgIpc) is 2.45. The van der Waals surface area contributed by atoms with E-state index in [-0.39, 0.29) is 18.2 Å². The SMILES string of the molecule is CC(C)C[C@@H](NC(=O)CN(C)c1ccccc1[N+](=O)[O-])C(=O)O. The van der Waals surface area contributed by atoms with Crippen molar-refractivity contribution in [3.05, 3.63) is 34.4 Å². The highest BCUT2D eigenvalue weighted by atomic mass is 16.6. The number of nitrogens with zero attached hydrogens (tertiary/aromatic N) is 2. The van der Waals surface area contributed by atoms with Crippen LogP contribution in [0, 0.1) is 16.0 Å². The monoisotopic (exact) mass is 323 g/mol. The molecular formula is C15H21N3O5. The van der Waals surface area contributed by atoms with Crippen LogP contribution in [0.3, 0.4) is 0 Å². The van der Waals surface area contributed by atoms with Gasteiger partial charge in [-0.25, -0.2) is 4.79 Å². The number of rotatable bonds is 8. The molecule has 0 bridgehead atoms. The van der Waals surface area contributed by atoms with Crippen LogP contribution in [-0.4, -0.2) is 41.5 Å². The van der Waals surface area contributed by atoms with Crippen LogP contribution < -0.4 is 10.2 Å². The summed E-state index contributed by atoms with van der Waals surface area (Å²) in [6.45, 7) is 3.55. The molecule has 0 radical (unpaired) electrons. The Kier molecular flexibility index (Phi) is 6.49. The molecule has 0 aliphatic carbocycles. The molecule has 8 nitrogen and oxygen atoms in total. The second-order valence-electron chi connectivity index (χ2n) is 5.69. The van der Waals surface area contributed by atoms with Crippen LogP contribution in [0.15, 0.2) is 24.3 Å². The number of anilines is 1. The van der Waals surface area contributed by atoms with E-state index in [9.17, 15) is 19.7 Å². The van der Waals surface area contributed by atoms with Gasteiger partial charge < -0.3 is 15.3 Å². The van der Waals surface area contributed by atoms with Gasteiger partial charge in [-0.15, -0.1) is 0 Å². The number of amides is 1. The first-order chi connectivity index (χ1) is 10.7. The standard InChI is InChI=1S/C15H21N3O5/c1-10(2)8-11(15(20)21)16-14(19)9-17(3)12-6-4-5-7-13(12)18(22)23/h4-7,10-11H,8-9H2,1-3H3,(H,16,19)(H,20,21)/t11-/m1/s1. The molecule has 1 aromatic rings. The fraction of sp³-hybridized carbons (Fsp3) is 0.467. The van der Waals surface area contributed by atoms with Gasteiger partial charge in [-0.05, 0) is 18.4 Å². The normalized spacial score (nSPS) is 11.8. The molecule has 0 spiro atoms. The number of para-hydroxylation sites is 2. The van der Waals surface area contributed by atoms with Crippen molar-refractivity contribution < 1.29 is 19.6 Å². The van der Waals surface area contributed by atoms with E-state index >= 15 is 0 Å². The molecule has 0 fully saturated rings. The zero-order valence-corrected chi connectivity index (χ0v) is 13.4. The maximum Gasteiger partial charge on any atom is 0.326 e. The molecule has 1 rings (SSSR count). The molecule has 23 heavy (non-hydrogen) atoms. The second kappa shape index (κ2) is 8.11. The summed E-state index contributed by atoms with van der Waals surface area (Å²) in [6, 6.07) is 5.09. The number of nitro groups is 1. The summed E-state index contributed by atoms with van der Waals surface area (Å²) in [6.07, 6.45) is 0.316. The van der Waals surface area contributed by atoms with Gasteiger partial charge in [0.25, 0.3) is 5.69 Å². The van der Waals surface area contributed by atoms with E-state index in [1.54, 1.807) is 19.2 Å². The number of carbonyl (C=O) groups is 2. The number of hydrogen-bond donors (Lipinski definition) is 2. The minimum absolute atomic E-state index is 0.111. The first-order valence-corrected chi connectivity index (χ1v) is 7.19. The summed E-state index contributed by atoms with van der Waals surface area (Å²) in [5.74, 6) is -1.48. The number of hydrogen-bond acceptors (Lipinski definition) is 5. The zero-order chi connectivity index (χ0) is 17.6. The van der Waals surface area contributed by atoms with Gasteiger partial charge in [0.05, 0.1) is 11.5 Å². The highest BCUT2D eigenvalue weighted by molar-refractivity contribution is 5.87. The summed E-state index contributed by atoms with van der Waals surface area (Å²) in [4.78, 5) is 35.1. The molecule has 0 heterocycles. The van der Waals surface area contributed by atoms with Gasteiger partial charge in [-0.2, -0.15) is 0 Å². The van der Waals surface area contributed by atoms with Gasteiger partial charge >= 0.3 is 5.97 Å². The summed E-state index contributed by atoms with van der Waals surface area (Å²) in [5.41, 5.74) is 0.183. The quantitative estimate of drug-likeness (QED) is 0.555. The molecule has 0 unspecified atom stereocenters. The van der Waals surface area contributed by atoms with E-state index in [0.717, 1.165) is 0 Å². The Morgan fingerprint density at radius 3 is 2.48 bits per heavy atom. The molecular weight excluding hydrogens is 302 g/mol. The predicted octanol–water partition coefficient (Wildman–Crippen LogP) is 1.65. The van der Waals surface area contributed by atoms with E-state index in [1.807, 2.05) is 13.8 Å². The number of benzene rings is 1. The minimum Gasteiger partial charge on any atom is -0.480 e. The van der Waals surface area contributed by atoms with Gasteiger partial charge in [0.15, 0.2) is 0 Å². The van der Waals surface area contributed by atoms with E-state index in [4.69, 9.17) is 5.11 Å². The molecule has 126 valence electrons. The fourth-order valence-corrected chi connectivity index (χ4v) is 2.17. The van der Waals surface area contributed by atoms with Crippen LogP contribution in [0.5, 0.6) is 0 Å². The van der Waals surface area contributed by atoms with Crippen molar-refractivity contribution in [2.75, 3.05) is 18.5 Å². The highest BCUT2D eigenvalue weighted by Crippen LogP contribution is 2.26. The second-order valence-corrected chi connectivity index (χ2v) is 5.69. The van der Waals surface area contributed by atoms with Gasteiger partial charge in [0.2, 0.25) is 5.91 Å². The molecule has 0 aliphatic rings. The summed E-state index contributed by atoms with van der Waals surface area (Å²) >= 11 is 0. The van der Waals surface area contributed by atoms with Crippen LogP contribution in [0.1, 0.15) is 20.3 Å². The Morgan fingerprint density at radius 1 is 1.35 bits per heavy atom. The molecule has 1 atom stereocenters. The summed E-state index contributed by atoms with van der Waals surface area (Å²) in [7, 11) is 1.54. The van der Waals surface area contributed by atoms with E-state index < -0.39 is 22.8 Å². The van der Waals surface area contributed by atoms with Gasteiger partial charge in [0.1, 0.15) is 11.7 Å². The van der Waals surface area contributed by atoms with Crippen LogP contribution in [-0.2, 0) is 9.59 Å². The van der Waals surface area contributed by atoms with E-state index in [2.05, 4.69) is 5.32 Å². The molecule has 2 N–H and O–H groups in total. The maximum absolute atomic E-state index is 12.0. The van der Waals surface area contributed by atoms with Crippen LogP contribution in [0.25, 0.3) is 0 Å². The number of aliphatic carboxylic acids is 1. The molecule has 0 aromatic heterocycles. The zero-order valence-electron chi connectivity index (χ0n) is 13.4. The lowest BCUT2D eigenvalue weighted by molar-refractivity contribution is -0.384. The van der Waals surface area contributed by atoms with Gasteiger partial charge in [0, 0.05) is 13.1 Å².